The van der Waals surface area contributed by atoms with Crippen LogP contribution in [-0.4, -0.2) is 45.1 Å². The summed E-state index contributed by atoms with van der Waals surface area (Å²) in [4.78, 5) is 34.7. The van der Waals surface area contributed by atoms with Crippen LogP contribution in [0.25, 0.3) is 0 Å². The Morgan fingerprint density at radius 2 is 2.13 bits per heavy atom. The Bertz CT molecular complexity index is 560. The maximum Gasteiger partial charge on any atom is 0.326 e. The van der Waals surface area contributed by atoms with E-state index in [-0.39, 0.29) is 11.7 Å². The molecule has 1 heterocycles. The van der Waals surface area contributed by atoms with Crippen molar-refractivity contribution in [3.63, 3.8) is 0 Å². The van der Waals surface area contributed by atoms with Crippen molar-refractivity contribution in [3.05, 3.63) is 11.8 Å². The van der Waals surface area contributed by atoms with E-state index in [1.165, 1.54) is 0 Å². The van der Waals surface area contributed by atoms with Crippen LogP contribution in [0.4, 0.5) is 5.82 Å². The van der Waals surface area contributed by atoms with Gasteiger partial charge in [-0.25, -0.2) is 4.79 Å². The van der Waals surface area contributed by atoms with E-state index in [9.17, 15) is 14.4 Å². The molecule has 128 valence electrons. The molecule has 0 saturated carbocycles. The third-order valence-corrected chi connectivity index (χ3v) is 4.07. The highest BCUT2D eigenvalue weighted by atomic mass is 32.2. The lowest BCUT2D eigenvalue weighted by molar-refractivity contribution is -0.141. The van der Waals surface area contributed by atoms with Crippen molar-refractivity contribution >= 4 is 35.4 Å². The zero-order valence-electron chi connectivity index (χ0n) is 13.3. The molecule has 0 bridgehead atoms. The number of carboxylic acid groups (broad SMARTS) is 1. The molecule has 2 amide bonds. The van der Waals surface area contributed by atoms with E-state index in [4.69, 9.17) is 9.63 Å². The molecule has 1 aromatic rings. The van der Waals surface area contributed by atoms with Crippen LogP contribution in [0.5, 0.6) is 0 Å². The van der Waals surface area contributed by atoms with Gasteiger partial charge in [-0.1, -0.05) is 18.5 Å². The fraction of sp³-hybridized carbons (Fsp3) is 0.571. The predicted octanol–water partition coefficient (Wildman–Crippen LogP) is 1.41. The van der Waals surface area contributed by atoms with Crippen LogP contribution >= 0.6 is 11.8 Å². The lowest BCUT2D eigenvalue weighted by Gasteiger charge is -2.14. The molecule has 2 atom stereocenters. The van der Waals surface area contributed by atoms with E-state index in [0.717, 1.165) is 11.8 Å². The molecule has 1 rings (SSSR count). The molecule has 0 aliphatic heterocycles. The first kappa shape index (κ1) is 19.0. The Hall–Kier alpha value is -2.03. The molecule has 23 heavy (non-hydrogen) atoms. The minimum atomic E-state index is -1.06. The summed E-state index contributed by atoms with van der Waals surface area (Å²) in [5, 5.41) is 17.2. The van der Waals surface area contributed by atoms with E-state index >= 15 is 0 Å². The van der Waals surface area contributed by atoms with Gasteiger partial charge in [0.2, 0.25) is 11.8 Å². The number of carboxylic acids is 1. The van der Waals surface area contributed by atoms with Crippen LogP contribution in [0, 0.1) is 6.92 Å². The fourth-order valence-electron chi connectivity index (χ4n) is 1.71. The van der Waals surface area contributed by atoms with Crippen LogP contribution in [0.2, 0.25) is 0 Å². The summed E-state index contributed by atoms with van der Waals surface area (Å²) in [7, 11) is 0. The predicted molar refractivity (Wildman–Crippen MR) is 86.3 cm³/mol. The van der Waals surface area contributed by atoms with Crippen LogP contribution in [0.1, 0.15) is 32.4 Å². The van der Waals surface area contributed by atoms with E-state index in [1.807, 2.05) is 6.92 Å². The van der Waals surface area contributed by atoms with Crippen molar-refractivity contribution in [2.45, 2.75) is 44.9 Å². The number of carbonyl (C=O) groups is 3. The molecule has 0 fully saturated rings. The number of hydrogen-bond acceptors (Lipinski definition) is 6. The van der Waals surface area contributed by atoms with Crippen molar-refractivity contribution in [1.29, 1.82) is 0 Å². The van der Waals surface area contributed by atoms with Gasteiger partial charge in [-0.2, -0.15) is 0 Å². The number of thioether (sulfide) groups is 1. The summed E-state index contributed by atoms with van der Waals surface area (Å²) in [6.07, 6.45) is 1.02. The van der Waals surface area contributed by atoms with Crippen LogP contribution in [-0.2, 0) is 14.4 Å². The maximum absolute atomic E-state index is 11.9. The van der Waals surface area contributed by atoms with Gasteiger partial charge < -0.3 is 20.3 Å². The van der Waals surface area contributed by atoms with Crippen molar-refractivity contribution in [2.75, 3.05) is 11.1 Å². The van der Waals surface area contributed by atoms with Crippen molar-refractivity contribution in [3.8, 4) is 0 Å². The highest BCUT2D eigenvalue weighted by Crippen LogP contribution is 2.14. The van der Waals surface area contributed by atoms with Crippen molar-refractivity contribution in [2.24, 2.45) is 0 Å². The summed E-state index contributed by atoms with van der Waals surface area (Å²) in [6.45, 7) is 5.20. The van der Waals surface area contributed by atoms with Gasteiger partial charge in [-0.05, 0) is 20.3 Å². The molecule has 3 N–H and O–H groups in total. The average Bonchev–Trinajstić information content (AvgIpc) is 2.89. The molecule has 0 aromatic carbocycles. The average molecular weight is 343 g/mol. The van der Waals surface area contributed by atoms with Gasteiger partial charge in [0.05, 0.1) is 11.0 Å². The fourth-order valence-corrected chi connectivity index (χ4v) is 2.41. The smallest absolute Gasteiger partial charge is 0.326 e. The summed E-state index contributed by atoms with van der Waals surface area (Å²) in [5.41, 5.74) is 0. The number of rotatable bonds is 9. The Balaban J connectivity index is 2.39. The zero-order chi connectivity index (χ0) is 17.4. The molecule has 0 saturated heterocycles. The minimum Gasteiger partial charge on any atom is -0.480 e. The monoisotopic (exact) mass is 343 g/mol. The molecule has 2 unspecified atom stereocenters. The first-order valence-corrected chi connectivity index (χ1v) is 8.26. The van der Waals surface area contributed by atoms with E-state index < -0.39 is 23.2 Å². The Kier molecular flexibility index (Phi) is 7.60. The van der Waals surface area contributed by atoms with Gasteiger partial charge in [0.15, 0.2) is 5.82 Å². The number of aryl methyl sites for hydroxylation is 1. The Labute approximate surface area is 138 Å². The highest BCUT2D eigenvalue weighted by Gasteiger charge is 2.21. The lowest BCUT2D eigenvalue weighted by atomic mass is 10.2. The summed E-state index contributed by atoms with van der Waals surface area (Å²) in [5.74, 6) is -0.876. The normalized spacial score (nSPS) is 13.2. The number of anilines is 1. The third-order valence-electron chi connectivity index (χ3n) is 2.92. The lowest BCUT2D eigenvalue weighted by Crippen LogP contribution is -2.41. The molecule has 9 heteroatoms. The summed E-state index contributed by atoms with van der Waals surface area (Å²) in [6, 6.07) is 0.694. The second-order valence-corrected chi connectivity index (χ2v) is 6.34. The molecule has 0 spiro atoms. The molecular formula is C14H21N3O5S. The molecule has 1 aromatic heterocycles. The topological polar surface area (TPSA) is 122 Å². The molecule has 0 aliphatic rings. The van der Waals surface area contributed by atoms with Crippen LogP contribution in [0.15, 0.2) is 10.6 Å². The number of nitrogens with zero attached hydrogens (tertiary/aromatic N) is 1. The second-order valence-electron chi connectivity index (χ2n) is 5.01. The largest absolute Gasteiger partial charge is 0.480 e. The van der Waals surface area contributed by atoms with Crippen molar-refractivity contribution < 1.29 is 24.0 Å². The zero-order valence-corrected chi connectivity index (χ0v) is 14.1. The number of amides is 2. The van der Waals surface area contributed by atoms with Gasteiger partial charge in [-0.15, -0.1) is 11.8 Å². The van der Waals surface area contributed by atoms with Gasteiger partial charge in [0, 0.05) is 6.07 Å². The summed E-state index contributed by atoms with van der Waals surface area (Å²) >= 11 is 1.12. The van der Waals surface area contributed by atoms with Crippen LogP contribution < -0.4 is 10.6 Å². The number of aliphatic carboxylic acids is 1. The van der Waals surface area contributed by atoms with Crippen molar-refractivity contribution in [1.82, 2.24) is 10.5 Å². The van der Waals surface area contributed by atoms with E-state index in [2.05, 4.69) is 15.8 Å². The Morgan fingerprint density at radius 1 is 1.43 bits per heavy atom. The number of aromatic nitrogens is 1. The van der Waals surface area contributed by atoms with Gasteiger partial charge >= 0.3 is 5.97 Å². The number of hydrogen-bond donors (Lipinski definition) is 3. The number of carbonyl (C=O) groups excluding carboxylic acids is 2. The van der Waals surface area contributed by atoms with Crippen LogP contribution in [0.3, 0.4) is 0 Å². The first-order chi connectivity index (χ1) is 10.8. The van der Waals surface area contributed by atoms with Gasteiger partial charge in [-0.3, -0.25) is 9.59 Å². The number of nitrogens with one attached hydrogen (secondary N) is 2. The molecule has 0 radical (unpaired) electrons. The molecule has 0 aliphatic carbocycles. The summed E-state index contributed by atoms with van der Waals surface area (Å²) < 4.78 is 4.84. The Morgan fingerprint density at radius 3 is 2.65 bits per heavy atom. The van der Waals surface area contributed by atoms with Gasteiger partial charge in [0.25, 0.3) is 0 Å². The van der Waals surface area contributed by atoms with E-state index in [0.29, 0.717) is 24.4 Å². The van der Waals surface area contributed by atoms with Gasteiger partial charge in [0.1, 0.15) is 11.8 Å². The second kappa shape index (κ2) is 9.19. The minimum absolute atomic E-state index is 0.0000752. The first-order valence-electron chi connectivity index (χ1n) is 7.21. The quantitative estimate of drug-likeness (QED) is 0.620. The highest BCUT2D eigenvalue weighted by molar-refractivity contribution is 8.01. The SMILES string of the molecule is CCCC(NC(=O)CSC(C)C(=O)Nc1cc(C)on1)C(=O)O. The standard InChI is InChI=1S/C14H21N3O5S/c1-4-5-10(14(20)21)15-12(18)7-23-9(3)13(19)16-11-6-8(2)22-17-11/h6,9-10H,4-5,7H2,1-3H3,(H,15,18)(H,20,21)(H,16,17,19). The van der Waals surface area contributed by atoms with E-state index in [1.54, 1.807) is 19.9 Å². The molecular weight excluding hydrogens is 322 g/mol. The molecule has 8 nitrogen and oxygen atoms in total. The maximum atomic E-state index is 11.9. The third kappa shape index (κ3) is 6.72.